The molecule has 0 unspecified atom stereocenters. The van der Waals surface area contributed by atoms with Crippen LogP contribution in [0.3, 0.4) is 0 Å². The van der Waals surface area contributed by atoms with Crippen molar-refractivity contribution in [3.8, 4) is 5.75 Å². The van der Waals surface area contributed by atoms with Crippen LogP contribution in [-0.2, 0) is 11.2 Å². The number of hydrogen-bond acceptors (Lipinski definition) is 4. The minimum Gasteiger partial charge on any atom is -0.482 e. The largest absolute Gasteiger partial charge is 0.482 e. The molecule has 0 spiro atoms. The highest BCUT2D eigenvalue weighted by atomic mass is 32.2. The summed E-state index contributed by atoms with van der Waals surface area (Å²) in [6, 6.07) is 25.3. The molecule has 0 radical (unpaired) electrons. The molecule has 5 heteroatoms. The van der Waals surface area contributed by atoms with Gasteiger partial charge in [-0.25, -0.2) is 4.79 Å². The van der Waals surface area contributed by atoms with E-state index in [0.717, 1.165) is 35.7 Å². The molecule has 0 amide bonds. The summed E-state index contributed by atoms with van der Waals surface area (Å²) in [7, 11) is 0. The van der Waals surface area contributed by atoms with E-state index in [0.29, 0.717) is 5.75 Å². The van der Waals surface area contributed by atoms with E-state index in [9.17, 15) is 4.79 Å². The molecule has 0 saturated carbocycles. The van der Waals surface area contributed by atoms with Crippen molar-refractivity contribution in [2.24, 2.45) is 0 Å². The number of aryl methyl sites for hydroxylation is 1. The molecule has 0 fully saturated rings. The Kier molecular flexibility index (Phi) is 8.42. The van der Waals surface area contributed by atoms with Crippen LogP contribution in [0.4, 0.5) is 5.69 Å². The number of thioether (sulfide) groups is 1. The van der Waals surface area contributed by atoms with Crippen LogP contribution in [0.15, 0.2) is 77.7 Å². The van der Waals surface area contributed by atoms with E-state index < -0.39 is 5.97 Å². The van der Waals surface area contributed by atoms with Crippen LogP contribution in [0.1, 0.15) is 23.6 Å². The summed E-state index contributed by atoms with van der Waals surface area (Å²) in [6.45, 7) is 5.72. The standard InChI is InChI=1S/C26H29NO3S/c1-3-27(23-11-9-22(10-12-23)18-21-7-5-4-6-8-21)15-16-31-24-13-14-25(20(2)17-24)30-19-26(28)29/h4-14,17H,3,15-16,18-19H2,1-2H3,(H,28,29). The van der Waals surface area contributed by atoms with Crippen molar-refractivity contribution in [1.82, 2.24) is 0 Å². The van der Waals surface area contributed by atoms with E-state index in [1.807, 2.05) is 25.1 Å². The minimum atomic E-state index is -0.967. The summed E-state index contributed by atoms with van der Waals surface area (Å²) in [5.74, 6) is 0.622. The first-order valence-electron chi connectivity index (χ1n) is 10.5. The molecule has 0 bridgehead atoms. The van der Waals surface area contributed by atoms with Crippen molar-refractivity contribution in [2.45, 2.75) is 25.2 Å². The average Bonchev–Trinajstić information content (AvgIpc) is 2.77. The van der Waals surface area contributed by atoms with Gasteiger partial charge in [0.2, 0.25) is 0 Å². The van der Waals surface area contributed by atoms with Gasteiger partial charge in [0.05, 0.1) is 0 Å². The number of carboxylic acid groups (broad SMARTS) is 1. The van der Waals surface area contributed by atoms with Crippen LogP contribution in [0.5, 0.6) is 5.75 Å². The maximum atomic E-state index is 10.7. The molecule has 4 nitrogen and oxygen atoms in total. The molecule has 0 aliphatic carbocycles. The van der Waals surface area contributed by atoms with Crippen LogP contribution in [0.2, 0.25) is 0 Å². The normalized spacial score (nSPS) is 10.6. The van der Waals surface area contributed by atoms with E-state index in [4.69, 9.17) is 9.84 Å². The van der Waals surface area contributed by atoms with Crippen molar-refractivity contribution < 1.29 is 14.6 Å². The van der Waals surface area contributed by atoms with Gasteiger partial charge in [0.15, 0.2) is 6.61 Å². The molecule has 3 rings (SSSR count). The summed E-state index contributed by atoms with van der Waals surface area (Å²) in [5, 5.41) is 8.75. The van der Waals surface area contributed by atoms with E-state index in [-0.39, 0.29) is 6.61 Å². The van der Waals surface area contributed by atoms with Gasteiger partial charge in [-0.15, -0.1) is 11.8 Å². The molecule has 0 saturated heterocycles. The summed E-state index contributed by atoms with van der Waals surface area (Å²) in [4.78, 5) is 14.2. The third kappa shape index (κ3) is 7.07. The maximum absolute atomic E-state index is 10.7. The Bertz CT molecular complexity index is 974. The zero-order valence-corrected chi connectivity index (χ0v) is 18.9. The highest BCUT2D eigenvalue weighted by Crippen LogP contribution is 2.26. The van der Waals surface area contributed by atoms with Crippen molar-refractivity contribution in [3.05, 3.63) is 89.5 Å². The molecular weight excluding hydrogens is 406 g/mol. The lowest BCUT2D eigenvalue weighted by molar-refractivity contribution is -0.139. The fraction of sp³-hybridized carbons (Fsp3) is 0.269. The number of aliphatic carboxylic acids is 1. The van der Waals surface area contributed by atoms with Crippen LogP contribution in [0.25, 0.3) is 0 Å². The van der Waals surface area contributed by atoms with E-state index >= 15 is 0 Å². The number of anilines is 1. The van der Waals surface area contributed by atoms with Crippen LogP contribution < -0.4 is 9.64 Å². The lowest BCUT2D eigenvalue weighted by atomic mass is 10.0. The van der Waals surface area contributed by atoms with Gasteiger partial charge in [-0.2, -0.15) is 0 Å². The zero-order chi connectivity index (χ0) is 22.1. The van der Waals surface area contributed by atoms with Crippen LogP contribution in [0, 0.1) is 6.92 Å². The first-order valence-corrected chi connectivity index (χ1v) is 11.5. The monoisotopic (exact) mass is 435 g/mol. The molecular formula is C26H29NO3S. The first-order chi connectivity index (χ1) is 15.0. The number of carboxylic acids is 1. The SMILES string of the molecule is CCN(CCSc1ccc(OCC(=O)O)c(C)c1)c1ccc(Cc2ccccc2)cc1. The summed E-state index contributed by atoms with van der Waals surface area (Å²) in [5.41, 5.74) is 4.84. The summed E-state index contributed by atoms with van der Waals surface area (Å²) in [6.07, 6.45) is 0.953. The Hall–Kier alpha value is -2.92. The third-order valence-electron chi connectivity index (χ3n) is 5.06. The minimum absolute atomic E-state index is 0.317. The molecule has 3 aromatic carbocycles. The quantitative estimate of drug-likeness (QED) is 0.393. The lowest BCUT2D eigenvalue weighted by Gasteiger charge is -2.23. The number of benzene rings is 3. The van der Waals surface area contributed by atoms with E-state index in [1.54, 1.807) is 11.8 Å². The fourth-order valence-electron chi connectivity index (χ4n) is 3.41. The van der Waals surface area contributed by atoms with Gasteiger partial charge in [0, 0.05) is 29.4 Å². The van der Waals surface area contributed by atoms with Gasteiger partial charge in [-0.05, 0) is 67.3 Å². The number of hydrogen-bond donors (Lipinski definition) is 1. The summed E-state index contributed by atoms with van der Waals surface area (Å²) >= 11 is 1.80. The first kappa shape index (κ1) is 22.8. The van der Waals surface area contributed by atoms with Crippen molar-refractivity contribution in [3.63, 3.8) is 0 Å². The predicted octanol–water partition coefficient (Wildman–Crippen LogP) is 5.67. The molecule has 0 heterocycles. The van der Waals surface area contributed by atoms with Gasteiger partial charge >= 0.3 is 5.97 Å². The second kappa shape index (κ2) is 11.5. The van der Waals surface area contributed by atoms with Crippen molar-refractivity contribution >= 4 is 23.4 Å². The highest BCUT2D eigenvalue weighted by molar-refractivity contribution is 7.99. The molecule has 0 aliphatic rings. The highest BCUT2D eigenvalue weighted by Gasteiger charge is 2.07. The summed E-state index contributed by atoms with van der Waals surface area (Å²) < 4.78 is 5.30. The molecule has 31 heavy (non-hydrogen) atoms. The number of carbonyl (C=O) groups is 1. The molecule has 0 aromatic heterocycles. The Morgan fingerprint density at radius 3 is 2.35 bits per heavy atom. The van der Waals surface area contributed by atoms with Gasteiger partial charge in [-0.1, -0.05) is 42.5 Å². The number of ether oxygens (including phenoxy) is 1. The maximum Gasteiger partial charge on any atom is 0.341 e. The Morgan fingerprint density at radius 1 is 1.00 bits per heavy atom. The predicted molar refractivity (Wildman–Crippen MR) is 129 cm³/mol. The smallest absolute Gasteiger partial charge is 0.341 e. The average molecular weight is 436 g/mol. The van der Waals surface area contributed by atoms with Crippen LogP contribution >= 0.6 is 11.8 Å². The van der Waals surface area contributed by atoms with Gasteiger partial charge < -0.3 is 14.7 Å². The van der Waals surface area contributed by atoms with E-state index in [1.165, 1.54) is 16.8 Å². The Labute approximate surface area is 188 Å². The molecule has 0 atom stereocenters. The second-order valence-corrected chi connectivity index (χ2v) is 8.53. The topological polar surface area (TPSA) is 49.8 Å². The molecule has 0 aliphatic heterocycles. The Morgan fingerprint density at radius 2 is 1.71 bits per heavy atom. The van der Waals surface area contributed by atoms with Crippen molar-refractivity contribution in [1.29, 1.82) is 0 Å². The number of nitrogens with zero attached hydrogens (tertiary/aromatic N) is 1. The van der Waals surface area contributed by atoms with Gasteiger partial charge in [-0.3, -0.25) is 0 Å². The van der Waals surface area contributed by atoms with Gasteiger partial charge in [0.25, 0.3) is 0 Å². The zero-order valence-electron chi connectivity index (χ0n) is 18.1. The third-order valence-corrected chi connectivity index (χ3v) is 6.04. The fourth-order valence-corrected chi connectivity index (χ4v) is 4.38. The molecule has 1 N–H and O–H groups in total. The molecule has 162 valence electrons. The second-order valence-electron chi connectivity index (χ2n) is 7.37. The van der Waals surface area contributed by atoms with E-state index in [2.05, 4.69) is 66.4 Å². The molecule has 3 aromatic rings. The van der Waals surface area contributed by atoms with Gasteiger partial charge in [0.1, 0.15) is 5.75 Å². The Balaban J connectivity index is 1.52. The lowest BCUT2D eigenvalue weighted by Crippen LogP contribution is -2.25. The number of rotatable bonds is 11. The van der Waals surface area contributed by atoms with Crippen LogP contribution in [-0.4, -0.2) is 36.5 Å². The van der Waals surface area contributed by atoms with Crippen molar-refractivity contribution in [2.75, 3.05) is 30.3 Å².